The number of aromatic nitrogens is 2. The second-order valence-electron chi connectivity index (χ2n) is 5.39. The Kier molecular flexibility index (Phi) is 4.35. The Labute approximate surface area is 109 Å². The van der Waals surface area contributed by atoms with Crippen LogP contribution in [0.3, 0.4) is 0 Å². The molecule has 1 aromatic heterocycles. The summed E-state index contributed by atoms with van der Waals surface area (Å²) in [7, 11) is 1.89. The van der Waals surface area contributed by atoms with Gasteiger partial charge in [0.15, 0.2) is 5.82 Å². The number of nitrogens with one attached hydrogen (secondary N) is 1. The number of rotatable bonds is 5. The van der Waals surface area contributed by atoms with Gasteiger partial charge >= 0.3 is 0 Å². The monoisotopic (exact) mass is 252 g/mol. The summed E-state index contributed by atoms with van der Waals surface area (Å²) < 4.78 is 5.28. The Morgan fingerprint density at radius 3 is 2.89 bits per heavy atom. The van der Waals surface area contributed by atoms with Crippen LogP contribution in [0, 0.1) is 0 Å². The molecule has 0 bridgehead atoms. The van der Waals surface area contributed by atoms with Crippen LogP contribution in [0.5, 0.6) is 0 Å². The Bertz CT molecular complexity index is 377. The second kappa shape index (κ2) is 5.80. The molecule has 0 aliphatic carbocycles. The highest BCUT2D eigenvalue weighted by molar-refractivity contribution is 4.96. The molecule has 2 atom stereocenters. The fourth-order valence-electron chi connectivity index (χ4n) is 2.62. The summed E-state index contributed by atoms with van der Waals surface area (Å²) in [5.41, 5.74) is 0. The average Bonchev–Trinajstić information content (AvgIpc) is 2.97. The summed E-state index contributed by atoms with van der Waals surface area (Å²) in [5.74, 6) is 1.52. The van der Waals surface area contributed by atoms with Gasteiger partial charge in [-0.15, -0.1) is 0 Å². The fraction of sp³-hybridized carbons (Fsp3) is 0.846. The molecule has 1 N–H and O–H groups in total. The fourth-order valence-corrected chi connectivity index (χ4v) is 2.62. The Morgan fingerprint density at radius 1 is 1.44 bits per heavy atom. The van der Waals surface area contributed by atoms with Crippen molar-refractivity contribution < 1.29 is 4.52 Å². The molecule has 0 radical (unpaired) electrons. The van der Waals surface area contributed by atoms with Crippen molar-refractivity contribution in [2.75, 3.05) is 13.6 Å². The van der Waals surface area contributed by atoms with E-state index in [1.165, 1.54) is 19.4 Å². The molecule has 0 aromatic carbocycles. The Hall–Kier alpha value is -0.940. The summed E-state index contributed by atoms with van der Waals surface area (Å²) in [5, 5.41) is 7.20. The van der Waals surface area contributed by atoms with E-state index < -0.39 is 0 Å². The van der Waals surface area contributed by atoms with Gasteiger partial charge < -0.3 is 9.84 Å². The highest BCUT2D eigenvalue weighted by Crippen LogP contribution is 2.22. The Morgan fingerprint density at radius 2 is 2.22 bits per heavy atom. The topological polar surface area (TPSA) is 54.2 Å². The first kappa shape index (κ1) is 13.5. The molecule has 102 valence electrons. The van der Waals surface area contributed by atoms with Gasteiger partial charge in [-0.3, -0.25) is 4.90 Å². The molecular weight excluding hydrogens is 228 g/mol. The van der Waals surface area contributed by atoms with Gasteiger partial charge in [-0.05, 0) is 47.2 Å². The van der Waals surface area contributed by atoms with Crippen molar-refractivity contribution in [1.82, 2.24) is 20.4 Å². The average molecular weight is 252 g/mol. The molecule has 1 saturated heterocycles. The van der Waals surface area contributed by atoms with Crippen molar-refractivity contribution >= 4 is 0 Å². The van der Waals surface area contributed by atoms with Gasteiger partial charge in [0.25, 0.3) is 0 Å². The van der Waals surface area contributed by atoms with Crippen LogP contribution in [-0.4, -0.2) is 40.7 Å². The minimum atomic E-state index is 0.121. The first-order chi connectivity index (χ1) is 8.61. The largest absolute Gasteiger partial charge is 0.338 e. The molecule has 0 amide bonds. The molecule has 1 aliphatic heterocycles. The van der Waals surface area contributed by atoms with Crippen LogP contribution >= 0.6 is 0 Å². The van der Waals surface area contributed by atoms with Crippen LogP contribution in [0.25, 0.3) is 0 Å². The van der Waals surface area contributed by atoms with Gasteiger partial charge in [0.05, 0.1) is 6.04 Å². The zero-order chi connectivity index (χ0) is 13.1. The first-order valence-corrected chi connectivity index (χ1v) is 6.87. The van der Waals surface area contributed by atoms with Crippen molar-refractivity contribution in [2.24, 2.45) is 0 Å². The molecule has 2 rings (SSSR count). The lowest BCUT2D eigenvalue weighted by atomic mass is 10.1. The van der Waals surface area contributed by atoms with Crippen LogP contribution in [0.1, 0.15) is 51.4 Å². The van der Waals surface area contributed by atoms with Crippen LogP contribution in [0.2, 0.25) is 0 Å². The molecule has 0 spiro atoms. The zero-order valence-electron chi connectivity index (χ0n) is 11.8. The number of nitrogens with zero attached hydrogens (tertiary/aromatic N) is 3. The minimum Gasteiger partial charge on any atom is -0.338 e. The molecule has 1 fully saturated rings. The third-order valence-electron chi connectivity index (χ3n) is 3.79. The molecule has 5 nitrogen and oxygen atoms in total. The molecule has 1 aromatic rings. The first-order valence-electron chi connectivity index (χ1n) is 6.87. The lowest BCUT2D eigenvalue weighted by Crippen LogP contribution is -2.36. The van der Waals surface area contributed by atoms with E-state index in [-0.39, 0.29) is 6.04 Å². The van der Waals surface area contributed by atoms with E-state index in [0.29, 0.717) is 18.0 Å². The van der Waals surface area contributed by atoms with Crippen molar-refractivity contribution in [3.05, 3.63) is 11.7 Å². The SMILES string of the molecule is CNC(C)c1nc(CC2CCCN2C(C)C)no1. The zero-order valence-corrected chi connectivity index (χ0v) is 11.8. The summed E-state index contributed by atoms with van der Waals surface area (Å²) >= 11 is 0. The quantitative estimate of drug-likeness (QED) is 0.865. The highest BCUT2D eigenvalue weighted by Gasteiger charge is 2.28. The highest BCUT2D eigenvalue weighted by atomic mass is 16.5. The van der Waals surface area contributed by atoms with E-state index in [4.69, 9.17) is 4.52 Å². The summed E-state index contributed by atoms with van der Waals surface area (Å²) in [6, 6.07) is 1.29. The van der Waals surface area contributed by atoms with E-state index in [2.05, 4.69) is 34.2 Å². The van der Waals surface area contributed by atoms with Crippen molar-refractivity contribution in [3.8, 4) is 0 Å². The maximum absolute atomic E-state index is 5.28. The number of hydrogen-bond donors (Lipinski definition) is 1. The molecule has 2 heterocycles. The van der Waals surface area contributed by atoms with E-state index >= 15 is 0 Å². The van der Waals surface area contributed by atoms with Gasteiger partial charge in [-0.25, -0.2) is 0 Å². The predicted molar refractivity (Wildman–Crippen MR) is 70.3 cm³/mol. The normalized spacial score (nSPS) is 22.8. The minimum absolute atomic E-state index is 0.121. The van der Waals surface area contributed by atoms with Gasteiger partial charge in [-0.2, -0.15) is 4.98 Å². The molecular formula is C13H24N4O. The lowest BCUT2D eigenvalue weighted by Gasteiger charge is -2.27. The van der Waals surface area contributed by atoms with Gasteiger partial charge in [0.2, 0.25) is 5.89 Å². The van der Waals surface area contributed by atoms with Gasteiger partial charge in [-0.1, -0.05) is 5.16 Å². The maximum Gasteiger partial charge on any atom is 0.243 e. The third kappa shape index (κ3) is 2.90. The number of likely N-dealkylation sites (tertiary alicyclic amines) is 1. The standard InChI is InChI=1S/C13H24N4O/c1-9(2)17-7-5-6-11(17)8-12-15-13(18-16-12)10(3)14-4/h9-11,14H,5-8H2,1-4H3. The van der Waals surface area contributed by atoms with E-state index in [1.807, 2.05) is 14.0 Å². The molecule has 5 heteroatoms. The third-order valence-corrected chi connectivity index (χ3v) is 3.79. The summed E-state index contributed by atoms with van der Waals surface area (Å²) in [4.78, 5) is 7.01. The van der Waals surface area contributed by atoms with Crippen molar-refractivity contribution in [1.29, 1.82) is 0 Å². The van der Waals surface area contributed by atoms with Gasteiger partial charge in [0.1, 0.15) is 0 Å². The van der Waals surface area contributed by atoms with Crippen LogP contribution < -0.4 is 5.32 Å². The summed E-state index contributed by atoms with van der Waals surface area (Å²) in [6.07, 6.45) is 3.42. The van der Waals surface area contributed by atoms with Gasteiger partial charge in [0, 0.05) is 18.5 Å². The molecule has 2 unspecified atom stereocenters. The van der Waals surface area contributed by atoms with E-state index in [9.17, 15) is 0 Å². The van der Waals surface area contributed by atoms with Crippen molar-refractivity contribution in [2.45, 2.75) is 58.2 Å². The lowest BCUT2D eigenvalue weighted by molar-refractivity contribution is 0.200. The Balaban J connectivity index is 1.98. The molecule has 0 saturated carbocycles. The smallest absolute Gasteiger partial charge is 0.243 e. The summed E-state index contributed by atoms with van der Waals surface area (Å²) in [6.45, 7) is 7.72. The maximum atomic E-state index is 5.28. The van der Waals surface area contributed by atoms with Crippen LogP contribution in [-0.2, 0) is 6.42 Å². The predicted octanol–water partition coefficient (Wildman–Crippen LogP) is 1.77. The molecule has 1 aliphatic rings. The van der Waals surface area contributed by atoms with E-state index in [1.54, 1.807) is 0 Å². The second-order valence-corrected chi connectivity index (χ2v) is 5.39. The van der Waals surface area contributed by atoms with Crippen LogP contribution in [0.4, 0.5) is 0 Å². The molecule has 18 heavy (non-hydrogen) atoms. The van der Waals surface area contributed by atoms with E-state index in [0.717, 1.165) is 12.2 Å². The van der Waals surface area contributed by atoms with Crippen molar-refractivity contribution in [3.63, 3.8) is 0 Å². The number of hydrogen-bond acceptors (Lipinski definition) is 5. The van der Waals surface area contributed by atoms with Crippen LogP contribution in [0.15, 0.2) is 4.52 Å².